The molecule has 0 aromatic carbocycles. The van der Waals surface area contributed by atoms with Crippen LogP contribution in [0.25, 0.3) is 0 Å². The zero-order valence-corrected chi connectivity index (χ0v) is 10.9. The molecule has 0 fully saturated rings. The molecule has 0 spiro atoms. The molecule has 0 aliphatic rings. The van der Waals surface area contributed by atoms with E-state index in [0.717, 1.165) is 0 Å². The van der Waals surface area contributed by atoms with Crippen LogP contribution in [-0.4, -0.2) is 32.9 Å². The lowest BCUT2D eigenvalue weighted by molar-refractivity contribution is -0.118. The van der Waals surface area contributed by atoms with Crippen LogP contribution < -0.4 is 5.32 Å². The third-order valence-corrected chi connectivity index (χ3v) is 6.76. The fourth-order valence-electron chi connectivity index (χ4n) is 0.390. The second kappa shape index (κ2) is 8.03. The summed E-state index contributed by atoms with van der Waals surface area (Å²) in [4.78, 5) is 10.8. The molecule has 0 atom stereocenters. The van der Waals surface area contributed by atoms with E-state index < -0.39 is 5.69 Å². The van der Waals surface area contributed by atoms with Crippen LogP contribution in [0.15, 0.2) is 0 Å². The van der Waals surface area contributed by atoms with Crippen molar-refractivity contribution in [1.29, 1.82) is 0 Å². The van der Waals surface area contributed by atoms with Crippen molar-refractivity contribution in [3.05, 3.63) is 0 Å². The largest absolute Gasteiger partial charge is 0.358 e. The molecule has 0 unspecified atom stereocenters. The lowest BCUT2D eigenvalue weighted by atomic mass is 10.7. The van der Waals surface area contributed by atoms with Crippen LogP contribution in [0.2, 0.25) is 0 Å². The van der Waals surface area contributed by atoms with Gasteiger partial charge in [0.05, 0.1) is 5.75 Å². The van der Waals surface area contributed by atoms with Gasteiger partial charge in [-0.2, -0.15) is 0 Å². The summed E-state index contributed by atoms with van der Waals surface area (Å²) < 4.78 is 9.94. The summed E-state index contributed by atoms with van der Waals surface area (Å²) >= 11 is 6.25. The van der Waals surface area contributed by atoms with Gasteiger partial charge in [-0.1, -0.05) is 11.4 Å². The lowest BCUT2D eigenvalue weighted by Crippen LogP contribution is -2.19. The Balaban J connectivity index is 0. The Morgan fingerprint density at radius 1 is 1.54 bits per heavy atom. The van der Waals surface area contributed by atoms with Crippen LogP contribution >= 0.6 is 29.5 Å². The molecule has 8 heteroatoms. The fraction of sp³-hybridized carbons (Fsp3) is 0.800. The van der Waals surface area contributed by atoms with Crippen LogP contribution in [0.5, 0.6) is 0 Å². The van der Waals surface area contributed by atoms with Crippen LogP contribution in [0, 0.1) is 0 Å². The van der Waals surface area contributed by atoms with Gasteiger partial charge in [-0.15, -0.1) is 12.4 Å². The Morgan fingerprint density at radius 3 is 2.31 bits per heavy atom. The maximum atomic E-state index is 10.8. The first-order chi connectivity index (χ1) is 5.58. The molecule has 0 bridgehead atoms. The Bertz CT molecular complexity index is 196. The van der Waals surface area contributed by atoms with Crippen molar-refractivity contribution < 1.29 is 13.8 Å². The van der Waals surface area contributed by atoms with E-state index in [2.05, 4.69) is 5.32 Å². The Labute approximate surface area is 93.5 Å². The van der Waals surface area contributed by atoms with Crippen molar-refractivity contribution in [2.45, 2.75) is 0 Å². The summed E-state index contributed by atoms with van der Waals surface area (Å²) in [6, 6.07) is 0. The van der Waals surface area contributed by atoms with Gasteiger partial charge < -0.3 is 14.4 Å². The first-order valence-electron chi connectivity index (χ1n) is 3.14. The summed E-state index contributed by atoms with van der Waals surface area (Å²) in [7, 11) is 4.55. The van der Waals surface area contributed by atoms with Crippen molar-refractivity contribution in [1.82, 2.24) is 5.32 Å². The second-order valence-corrected chi connectivity index (χ2v) is 8.28. The Kier molecular flexibility index (Phi) is 9.96. The smallest absolute Gasteiger partial charge is 0.247 e. The maximum Gasteiger partial charge on any atom is 0.247 e. The summed E-state index contributed by atoms with van der Waals surface area (Å²) in [6.45, 7) is 0. The van der Waals surface area contributed by atoms with Gasteiger partial charge in [0, 0.05) is 21.3 Å². The number of carbonyl (C=O) groups excluding carboxylic acids is 1. The zero-order valence-electron chi connectivity index (χ0n) is 7.60. The average molecular weight is 266 g/mol. The van der Waals surface area contributed by atoms with Gasteiger partial charge in [0.15, 0.2) is 0 Å². The zero-order chi connectivity index (χ0) is 9.61. The summed E-state index contributed by atoms with van der Waals surface area (Å²) in [5.41, 5.74) is -2.26. The van der Waals surface area contributed by atoms with E-state index in [1.54, 1.807) is 7.05 Å². The highest BCUT2D eigenvalue weighted by atomic mass is 35.5. The van der Waals surface area contributed by atoms with E-state index in [1.807, 2.05) is 0 Å². The van der Waals surface area contributed by atoms with Crippen LogP contribution in [0.3, 0.4) is 0 Å². The van der Waals surface area contributed by atoms with Gasteiger partial charge in [-0.05, 0) is 11.8 Å². The highest BCUT2D eigenvalue weighted by Gasteiger charge is 2.17. The first-order valence-corrected chi connectivity index (χ1v) is 7.37. The van der Waals surface area contributed by atoms with E-state index in [1.165, 1.54) is 25.6 Å². The monoisotopic (exact) mass is 265 g/mol. The van der Waals surface area contributed by atoms with Crippen LogP contribution in [-0.2, 0) is 25.6 Å². The minimum atomic E-state index is -2.26. The summed E-state index contributed by atoms with van der Waals surface area (Å²) in [5.74, 6) is 0.193. The van der Waals surface area contributed by atoms with Gasteiger partial charge in [-0.25, -0.2) is 0 Å². The summed E-state index contributed by atoms with van der Waals surface area (Å²) in [6.07, 6.45) is 0. The molecule has 1 N–H and O–H groups in total. The topological polar surface area (TPSA) is 47.6 Å². The van der Waals surface area contributed by atoms with E-state index in [4.69, 9.17) is 20.9 Å². The molecule has 0 rings (SSSR count). The molecular formula is C5H13ClNO3PS2. The molecule has 0 aliphatic carbocycles. The second-order valence-electron chi connectivity index (χ2n) is 1.76. The van der Waals surface area contributed by atoms with E-state index in [9.17, 15) is 4.79 Å². The van der Waals surface area contributed by atoms with E-state index >= 15 is 0 Å². The van der Waals surface area contributed by atoms with Crippen molar-refractivity contribution in [3.8, 4) is 0 Å². The van der Waals surface area contributed by atoms with Crippen molar-refractivity contribution >= 4 is 47.2 Å². The highest BCUT2D eigenvalue weighted by Crippen LogP contribution is 2.59. The molecule has 4 nitrogen and oxygen atoms in total. The number of hydrogen-bond donors (Lipinski definition) is 1. The first kappa shape index (κ1) is 16.1. The van der Waals surface area contributed by atoms with Crippen molar-refractivity contribution in [2.24, 2.45) is 0 Å². The third-order valence-electron chi connectivity index (χ3n) is 1.08. The molecule has 0 saturated carbocycles. The predicted molar refractivity (Wildman–Crippen MR) is 62.1 cm³/mol. The van der Waals surface area contributed by atoms with Crippen LogP contribution in [0.4, 0.5) is 0 Å². The van der Waals surface area contributed by atoms with Crippen LogP contribution in [0.1, 0.15) is 0 Å². The number of rotatable bonds is 5. The van der Waals surface area contributed by atoms with Crippen molar-refractivity contribution in [2.75, 3.05) is 27.0 Å². The molecule has 13 heavy (non-hydrogen) atoms. The van der Waals surface area contributed by atoms with Gasteiger partial charge in [-0.3, -0.25) is 4.79 Å². The predicted octanol–water partition coefficient (Wildman–Crippen LogP) is 1.40. The standard InChI is InChI=1S/C5H12NO3PS2.ClH/c1-6-5(7)4-12-10(11,8-2)9-3;/h4H2,1-3H3,(H,6,7);1H. The minimum Gasteiger partial charge on any atom is -0.358 e. The number of amides is 1. The molecule has 1 amide bonds. The molecule has 0 aromatic rings. The number of carbonyl (C=O) groups is 1. The molecule has 80 valence electrons. The quantitative estimate of drug-likeness (QED) is 0.762. The normalized spacial score (nSPS) is 10.4. The molecule has 0 saturated heterocycles. The van der Waals surface area contributed by atoms with Gasteiger partial charge >= 0.3 is 0 Å². The molecule has 0 heterocycles. The summed E-state index contributed by atoms with van der Waals surface area (Å²) in [5, 5.41) is 2.49. The molecule has 0 radical (unpaired) electrons. The number of hydrogen-bond acceptors (Lipinski definition) is 5. The maximum absolute atomic E-state index is 10.8. The van der Waals surface area contributed by atoms with E-state index in [0.29, 0.717) is 0 Å². The number of halogens is 1. The fourth-order valence-corrected chi connectivity index (χ4v) is 3.10. The van der Waals surface area contributed by atoms with Gasteiger partial charge in [0.1, 0.15) is 0 Å². The minimum absolute atomic E-state index is 0. The van der Waals surface area contributed by atoms with Gasteiger partial charge in [0.2, 0.25) is 11.6 Å². The van der Waals surface area contributed by atoms with E-state index in [-0.39, 0.29) is 24.1 Å². The highest BCUT2D eigenvalue weighted by molar-refractivity contribution is 8.68. The third kappa shape index (κ3) is 6.71. The SMILES string of the molecule is CNC(=O)CSP(=S)(OC)OC.Cl. The number of nitrogens with one attached hydrogen (secondary N) is 1. The Morgan fingerprint density at radius 2 is 2.00 bits per heavy atom. The Hall–Kier alpha value is 0.680. The molecular weight excluding hydrogens is 253 g/mol. The van der Waals surface area contributed by atoms with Crippen molar-refractivity contribution in [3.63, 3.8) is 0 Å². The average Bonchev–Trinajstić information content (AvgIpc) is 2.13. The van der Waals surface area contributed by atoms with Gasteiger partial charge in [0.25, 0.3) is 0 Å². The lowest BCUT2D eigenvalue weighted by Gasteiger charge is -2.15. The molecule has 0 aromatic heterocycles. The molecule has 0 aliphatic heterocycles.